The minimum atomic E-state index is -0.586. The summed E-state index contributed by atoms with van der Waals surface area (Å²) in [5, 5.41) is 5.10. The fourth-order valence-corrected chi connectivity index (χ4v) is 4.76. The molecule has 19 heteroatoms. The van der Waals surface area contributed by atoms with Crippen molar-refractivity contribution >= 4 is 58.3 Å². The zero-order chi connectivity index (χ0) is 35.2. The monoisotopic (exact) mass is 726 g/mol. The van der Waals surface area contributed by atoms with E-state index < -0.39 is 24.1 Å². The Morgan fingerprint density at radius 2 is 1.17 bits per heavy atom. The standard InChI is InChI=1S/C29H50N4O13S2/c1-3-10-45-27(37)30-5-12-39-16-18-41-22-25(35)43-14-7-32(21-24(34)33-9-20-48-29(33)47)8-15-44-26(36)23-42-19-17-40-13-6-31-28(38)46-11-4-2/h3-23H2,1-2H3,(H,30,37)(H,31,38). The third-order valence-corrected chi connectivity index (χ3v) is 7.28. The number of thiocarbonyl (C=S) groups is 1. The molecule has 0 bridgehead atoms. The van der Waals surface area contributed by atoms with Crippen LogP contribution in [0.5, 0.6) is 0 Å². The quantitative estimate of drug-likeness (QED) is 0.0492. The van der Waals surface area contributed by atoms with Gasteiger partial charge in [-0.15, -0.1) is 0 Å². The molecular formula is C29H50N4O13S2. The average Bonchev–Trinajstić information content (AvgIpc) is 3.50. The first-order valence-corrected chi connectivity index (χ1v) is 17.3. The third kappa shape index (κ3) is 23.5. The molecule has 276 valence electrons. The number of nitrogens with zero attached hydrogens (tertiary/aromatic N) is 2. The van der Waals surface area contributed by atoms with Crippen LogP contribution in [0.25, 0.3) is 0 Å². The Bertz CT molecular complexity index is 910. The predicted octanol–water partition coefficient (Wildman–Crippen LogP) is 0.574. The van der Waals surface area contributed by atoms with Gasteiger partial charge in [-0.1, -0.05) is 37.8 Å². The van der Waals surface area contributed by atoms with Crippen LogP contribution in [-0.4, -0.2) is 168 Å². The summed E-state index contributed by atoms with van der Waals surface area (Å²) in [6, 6.07) is 0. The Kier molecular flexibility index (Phi) is 26.2. The van der Waals surface area contributed by atoms with Gasteiger partial charge in [-0.25, -0.2) is 19.2 Å². The first kappa shape index (κ1) is 43.2. The summed E-state index contributed by atoms with van der Waals surface area (Å²) in [6.07, 6.45) is 0.480. The summed E-state index contributed by atoms with van der Waals surface area (Å²) >= 11 is 6.67. The van der Waals surface area contributed by atoms with Crippen molar-refractivity contribution in [3.63, 3.8) is 0 Å². The molecule has 1 aliphatic heterocycles. The van der Waals surface area contributed by atoms with Crippen LogP contribution >= 0.6 is 24.0 Å². The molecule has 0 aliphatic carbocycles. The number of nitrogens with one attached hydrogen (secondary N) is 2. The van der Waals surface area contributed by atoms with Gasteiger partial charge in [-0.05, 0) is 12.8 Å². The SMILES string of the molecule is CCCOC(=O)NCCOCCOCC(=O)OCCN(CCOC(=O)COCCOCCNC(=O)OCCC)CC(=O)N1CCSC1=S. The molecule has 0 radical (unpaired) electrons. The van der Waals surface area contributed by atoms with Crippen LogP contribution in [0.1, 0.15) is 26.7 Å². The third-order valence-electron chi connectivity index (χ3n) is 5.85. The zero-order valence-corrected chi connectivity index (χ0v) is 29.5. The van der Waals surface area contributed by atoms with Crippen molar-refractivity contribution in [3.05, 3.63) is 0 Å². The fraction of sp³-hybridized carbons (Fsp3) is 0.793. The molecule has 1 saturated heterocycles. The van der Waals surface area contributed by atoms with E-state index in [1.54, 1.807) is 4.90 Å². The highest BCUT2D eigenvalue weighted by molar-refractivity contribution is 8.23. The van der Waals surface area contributed by atoms with E-state index in [0.717, 1.165) is 18.6 Å². The average molecular weight is 727 g/mol. The van der Waals surface area contributed by atoms with Gasteiger partial charge in [0.25, 0.3) is 0 Å². The van der Waals surface area contributed by atoms with E-state index in [1.807, 2.05) is 13.8 Å². The molecule has 17 nitrogen and oxygen atoms in total. The van der Waals surface area contributed by atoms with Gasteiger partial charge in [0.05, 0.1) is 59.4 Å². The van der Waals surface area contributed by atoms with E-state index in [0.29, 0.717) is 24.1 Å². The summed E-state index contributed by atoms with van der Waals surface area (Å²) in [6.45, 7) is 6.69. The number of esters is 2. The second-order valence-corrected chi connectivity index (χ2v) is 11.6. The van der Waals surface area contributed by atoms with E-state index in [-0.39, 0.29) is 105 Å². The normalized spacial score (nSPS) is 12.6. The molecule has 0 unspecified atom stereocenters. The Balaban J connectivity index is 2.24. The topological polar surface area (TPSA) is 190 Å². The molecule has 0 spiro atoms. The molecule has 0 saturated carbocycles. The van der Waals surface area contributed by atoms with Crippen molar-refractivity contribution in [1.29, 1.82) is 0 Å². The van der Waals surface area contributed by atoms with Crippen LogP contribution in [-0.2, 0) is 52.3 Å². The predicted molar refractivity (Wildman–Crippen MR) is 178 cm³/mol. The van der Waals surface area contributed by atoms with Crippen LogP contribution < -0.4 is 10.6 Å². The summed E-state index contributed by atoms with van der Waals surface area (Å²) in [5.74, 6) is -0.644. The number of carbonyl (C=O) groups is 5. The van der Waals surface area contributed by atoms with Crippen molar-refractivity contribution in [3.8, 4) is 0 Å². The number of alkyl carbamates (subject to hydrolysis) is 2. The molecule has 0 atom stereocenters. The smallest absolute Gasteiger partial charge is 0.407 e. The van der Waals surface area contributed by atoms with E-state index in [4.69, 9.17) is 50.1 Å². The number of rotatable bonds is 28. The first-order valence-electron chi connectivity index (χ1n) is 15.9. The summed E-state index contributed by atoms with van der Waals surface area (Å²) in [7, 11) is 0. The number of ether oxygens (including phenoxy) is 8. The maximum Gasteiger partial charge on any atom is 0.407 e. The number of carbonyl (C=O) groups excluding carboxylic acids is 5. The molecule has 2 N–H and O–H groups in total. The second-order valence-electron chi connectivity index (χ2n) is 9.83. The number of hydrogen-bond acceptors (Lipinski definition) is 16. The number of hydrogen-bond donors (Lipinski definition) is 2. The second kappa shape index (κ2) is 29.1. The lowest BCUT2D eigenvalue weighted by molar-refractivity contribution is -0.150. The van der Waals surface area contributed by atoms with Crippen molar-refractivity contribution in [2.45, 2.75) is 26.7 Å². The molecular weight excluding hydrogens is 676 g/mol. The Labute approximate surface area is 291 Å². The van der Waals surface area contributed by atoms with Gasteiger partial charge in [-0.2, -0.15) is 0 Å². The molecule has 3 amide bonds. The van der Waals surface area contributed by atoms with Crippen LogP contribution in [0.3, 0.4) is 0 Å². The maximum absolute atomic E-state index is 12.8. The van der Waals surface area contributed by atoms with Crippen LogP contribution in [0.4, 0.5) is 9.59 Å². The highest BCUT2D eigenvalue weighted by atomic mass is 32.2. The van der Waals surface area contributed by atoms with Crippen LogP contribution in [0.2, 0.25) is 0 Å². The highest BCUT2D eigenvalue weighted by Crippen LogP contribution is 2.18. The lowest BCUT2D eigenvalue weighted by Gasteiger charge is -2.24. The lowest BCUT2D eigenvalue weighted by atomic mass is 10.4. The zero-order valence-electron chi connectivity index (χ0n) is 27.9. The van der Waals surface area contributed by atoms with E-state index >= 15 is 0 Å². The minimum absolute atomic E-state index is 0.00611. The van der Waals surface area contributed by atoms with Crippen LogP contribution in [0, 0.1) is 0 Å². The van der Waals surface area contributed by atoms with Crippen molar-refractivity contribution in [2.24, 2.45) is 0 Å². The summed E-state index contributed by atoms with van der Waals surface area (Å²) in [4.78, 5) is 62.8. The Morgan fingerprint density at radius 1 is 0.688 bits per heavy atom. The van der Waals surface area contributed by atoms with Crippen molar-refractivity contribution in [1.82, 2.24) is 20.4 Å². The maximum atomic E-state index is 12.8. The Morgan fingerprint density at radius 3 is 1.60 bits per heavy atom. The lowest BCUT2D eigenvalue weighted by Crippen LogP contribution is -2.43. The van der Waals surface area contributed by atoms with Gasteiger partial charge >= 0.3 is 24.1 Å². The fourth-order valence-electron chi connectivity index (χ4n) is 3.52. The molecule has 1 aliphatic rings. The first-order chi connectivity index (χ1) is 23.3. The summed E-state index contributed by atoms with van der Waals surface area (Å²) < 4.78 is 41.9. The van der Waals surface area contributed by atoms with E-state index in [1.165, 1.54) is 16.7 Å². The highest BCUT2D eigenvalue weighted by Gasteiger charge is 2.25. The molecule has 1 rings (SSSR count). The molecule has 0 aromatic heterocycles. The van der Waals surface area contributed by atoms with Gasteiger partial charge in [-0.3, -0.25) is 14.6 Å². The number of thioether (sulfide) groups is 1. The molecule has 1 heterocycles. The minimum Gasteiger partial charge on any atom is -0.463 e. The van der Waals surface area contributed by atoms with Gasteiger partial charge in [0.2, 0.25) is 5.91 Å². The number of amides is 3. The van der Waals surface area contributed by atoms with Crippen LogP contribution in [0.15, 0.2) is 0 Å². The van der Waals surface area contributed by atoms with Gasteiger partial charge in [0.15, 0.2) is 0 Å². The molecule has 0 aromatic rings. The molecule has 0 aromatic carbocycles. The van der Waals surface area contributed by atoms with Gasteiger partial charge in [0.1, 0.15) is 30.7 Å². The molecule has 1 fully saturated rings. The van der Waals surface area contributed by atoms with Gasteiger partial charge in [0, 0.05) is 38.5 Å². The molecule has 48 heavy (non-hydrogen) atoms. The Hall–Kier alpha value is -2.81. The largest absolute Gasteiger partial charge is 0.463 e. The van der Waals surface area contributed by atoms with Gasteiger partial charge < -0.3 is 48.5 Å². The van der Waals surface area contributed by atoms with E-state index in [9.17, 15) is 24.0 Å². The van der Waals surface area contributed by atoms with Crippen molar-refractivity contribution in [2.75, 3.05) is 124 Å². The van der Waals surface area contributed by atoms with E-state index in [2.05, 4.69) is 10.6 Å². The van der Waals surface area contributed by atoms with Crippen molar-refractivity contribution < 1.29 is 61.9 Å². The summed E-state index contributed by atoms with van der Waals surface area (Å²) in [5.41, 5.74) is 0.